The Labute approximate surface area is 222 Å². The van der Waals surface area contributed by atoms with Crippen LogP contribution in [-0.4, -0.2) is 40.5 Å². The van der Waals surface area contributed by atoms with Gasteiger partial charge in [-0.2, -0.15) is 31.3 Å². The summed E-state index contributed by atoms with van der Waals surface area (Å²) in [6.45, 7) is 8.80. The van der Waals surface area contributed by atoms with Crippen molar-refractivity contribution >= 4 is 34.3 Å². The minimum absolute atomic E-state index is 0.0450. The van der Waals surface area contributed by atoms with E-state index >= 15 is 0 Å². The molecule has 3 aromatic rings. The van der Waals surface area contributed by atoms with Gasteiger partial charge in [0.2, 0.25) is 5.95 Å². The van der Waals surface area contributed by atoms with E-state index in [0.29, 0.717) is 33.9 Å². The highest BCUT2D eigenvalue weighted by Crippen LogP contribution is 2.36. The number of alkyl halides is 6. The van der Waals surface area contributed by atoms with Crippen LogP contribution in [0.3, 0.4) is 0 Å². The van der Waals surface area contributed by atoms with Crippen LogP contribution in [0, 0.1) is 0 Å². The molecule has 0 aliphatic rings. The van der Waals surface area contributed by atoms with Gasteiger partial charge in [-0.3, -0.25) is 0 Å². The molecule has 0 fully saturated rings. The molecular weight excluding hydrogens is 532 g/mol. The van der Waals surface area contributed by atoms with Crippen molar-refractivity contribution in [1.82, 2.24) is 14.9 Å². The third kappa shape index (κ3) is 8.10. The highest BCUT2D eigenvalue weighted by molar-refractivity contribution is 6.31. The second kappa shape index (κ2) is 12.4. The molecule has 1 aromatic heterocycles. The summed E-state index contributed by atoms with van der Waals surface area (Å²) in [6, 6.07) is 6.57. The molecule has 2 aromatic carbocycles. The van der Waals surface area contributed by atoms with E-state index in [1.165, 1.54) is 0 Å². The molecular formula is C26H30ClF6N5. The van der Waals surface area contributed by atoms with Crippen LogP contribution in [0.5, 0.6) is 0 Å². The molecule has 1 unspecified atom stereocenters. The van der Waals surface area contributed by atoms with Crippen molar-refractivity contribution in [2.45, 2.75) is 58.6 Å². The first kappa shape index (κ1) is 29.8. The van der Waals surface area contributed by atoms with Crippen molar-refractivity contribution in [2.24, 2.45) is 0 Å². The monoisotopic (exact) mass is 561 g/mol. The van der Waals surface area contributed by atoms with Crippen molar-refractivity contribution in [3.05, 3.63) is 58.1 Å². The minimum atomic E-state index is -4.93. The van der Waals surface area contributed by atoms with Crippen LogP contribution in [0.4, 0.5) is 38.1 Å². The van der Waals surface area contributed by atoms with E-state index in [0.717, 1.165) is 32.5 Å². The number of hydrogen-bond donors (Lipinski definition) is 2. The molecule has 0 aliphatic heterocycles. The van der Waals surface area contributed by atoms with Gasteiger partial charge in [-0.25, -0.2) is 4.98 Å². The zero-order valence-electron chi connectivity index (χ0n) is 21.3. The summed E-state index contributed by atoms with van der Waals surface area (Å²) < 4.78 is 79.3. The van der Waals surface area contributed by atoms with Gasteiger partial charge < -0.3 is 15.5 Å². The summed E-state index contributed by atoms with van der Waals surface area (Å²) in [7, 11) is 0. The molecule has 0 bridgehead atoms. The Bertz CT molecular complexity index is 1190. The van der Waals surface area contributed by atoms with Crippen molar-refractivity contribution in [2.75, 3.05) is 30.3 Å². The summed E-state index contributed by atoms with van der Waals surface area (Å²) in [4.78, 5) is 11.2. The van der Waals surface area contributed by atoms with E-state index in [1.54, 1.807) is 18.2 Å². The normalized spacial score (nSPS) is 13.2. The van der Waals surface area contributed by atoms with Crippen LogP contribution in [-0.2, 0) is 18.9 Å². The number of rotatable bonds is 11. The van der Waals surface area contributed by atoms with Crippen LogP contribution in [0.2, 0.25) is 5.02 Å². The maximum Gasteiger partial charge on any atom is 0.416 e. The molecule has 2 N–H and O–H groups in total. The fourth-order valence-electron chi connectivity index (χ4n) is 4.06. The summed E-state index contributed by atoms with van der Waals surface area (Å²) in [5.74, 6) is 0.535. The van der Waals surface area contributed by atoms with E-state index in [-0.39, 0.29) is 30.2 Å². The highest BCUT2D eigenvalue weighted by atomic mass is 35.5. The molecule has 208 valence electrons. The number of halogens is 7. The maximum absolute atomic E-state index is 13.2. The summed E-state index contributed by atoms with van der Waals surface area (Å²) >= 11 is 6.13. The van der Waals surface area contributed by atoms with Gasteiger partial charge in [-0.1, -0.05) is 25.4 Å². The lowest BCUT2D eigenvalue weighted by Gasteiger charge is -2.21. The van der Waals surface area contributed by atoms with Crippen LogP contribution >= 0.6 is 11.6 Å². The molecule has 1 atom stereocenters. The van der Waals surface area contributed by atoms with Gasteiger partial charge >= 0.3 is 12.4 Å². The third-order valence-electron chi connectivity index (χ3n) is 6.15. The Morgan fingerprint density at radius 1 is 0.921 bits per heavy atom. The SMILES string of the molecule is CCN(CC)CCCC(C)Nc1nc(NCc2cc(C(F)(F)F)cc(C(F)(F)F)c2)nc2cc(Cl)ccc12. The predicted molar refractivity (Wildman–Crippen MR) is 138 cm³/mol. The van der Waals surface area contributed by atoms with Crippen LogP contribution in [0.1, 0.15) is 50.3 Å². The molecule has 5 nitrogen and oxygen atoms in total. The van der Waals surface area contributed by atoms with Gasteiger partial charge in [0.1, 0.15) is 5.82 Å². The third-order valence-corrected chi connectivity index (χ3v) is 6.38. The second-order valence-electron chi connectivity index (χ2n) is 9.04. The average Bonchev–Trinajstić information content (AvgIpc) is 2.84. The number of fused-ring (bicyclic) bond motifs is 1. The standard InChI is InChI=1S/C26H30ClF6N5/c1-4-38(5-2)10-6-7-16(3)35-23-21-9-8-20(27)14-22(21)36-24(37-23)34-15-17-11-18(25(28,29)30)13-19(12-17)26(31,32)33/h8-9,11-14,16H,4-7,10,15H2,1-3H3,(H2,34,35,36,37). The zero-order chi connectivity index (χ0) is 28.1. The minimum Gasteiger partial charge on any atom is -0.367 e. The molecule has 0 spiro atoms. The Morgan fingerprint density at radius 2 is 1.55 bits per heavy atom. The van der Waals surface area contributed by atoms with Gasteiger partial charge in [0.05, 0.1) is 16.6 Å². The molecule has 0 saturated carbocycles. The van der Waals surface area contributed by atoms with E-state index in [1.807, 2.05) is 6.92 Å². The van der Waals surface area contributed by atoms with Crippen LogP contribution in [0.15, 0.2) is 36.4 Å². The fourth-order valence-corrected chi connectivity index (χ4v) is 4.23. The average molecular weight is 562 g/mol. The Hall–Kier alpha value is -2.79. The zero-order valence-corrected chi connectivity index (χ0v) is 22.0. The summed E-state index contributed by atoms with van der Waals surface area (Å²) in [6.07, 6.45) is -8.02. The maximum atomic E-state index is 13.2. The smallest absolute Gasteiger partial charge is 0.367 e. The number of nitrogens with zero attached hydrogens (tertiary/aromatic N) is 3. The highest BCUT2D eigenvalue weighted by Gasteiger charge is 2.36. The number of nitrogens with one attached hydrogen (secondary N) is 2. The van der Waals surface area contributed by atoms with Crippen molar-refractivity contribution in [1.29, 1.82) is 0 Å². The van der Waals surface area contributed by atoms with Gasteiger partial charge in [0.15, 0.2) is 0 Å². The number of aromatic nitrogens is 2. The van der Waals surface area contributed by atoms with E-state index < -0.39 is 23.5 Å². The number of hydrogen-bond acceptors (Lipinski definition) is 5. The van der Waals surface area contributed by atoms with Gasteiger partial charge in [-0.15, -0.1) is 0 Å². The number of anilines is 2. The summed E-state index contributed by atoms with van der Waals surface area (Å²) in [5, 5.41) is 7.24. The Morgan fingerprint density at radius 3 is 2.13 bits per heavy atom. The number of benzene rings is 2. The van der Waals surface area contributed by atoms with Gasteiger partial charge in [0, 0.05) is 23.0 Å². The Kier molecular flexibility index (Phi) is 9.69. The topological polar surface area (TPSA) is 53.1 Å². The predicted octanol–water partition coefficient (Wildman–Crippen LogP) is 7.86. The molecule has 0 radical (unpaired) electrons. The van der Waals surface area contributed by atoms with E-state index in [9.17, 15) is 26.3 Å². The lowest BCUT2D eigenvalue weighted by molar-refractivity contribution is -0.143. The van der Waals surface area contributed by atoms with E-state index in [4.69, 9.17) is 11.6 Å². The first-order valence-electron chi connectivity index (χ1n) is 12.3. The molecule has 12 heteroatoms. The molecule has 0 amide bonds. The molecule has 1 heterocycles. The lowest BCUT2D eigenvalue weighted by Crippen LogP contribution is -2.25. The van der Waals surface area contributed by atoms with Crippen molar-refractivity contribution in [3.63, 3.8) is 0 Å². The fraction of sp³-hybridized carbons (Fsp3) is 0.462. The van der Waals surface area contributed by atoms with Gasteiger partial charge in [-0.05, 0) is 81.4 Å². The van der Waals surface area contributed by atoms with Crippen LogP contribution in [0.25, 0.3) is 10.9 Å². The van der Waals surface area contributed by atoms with Gasteiger partial charge in [0.25, 0.3) is 0 Å². The first-order chi connectivity index (χ1) is 17.8. The molecule has 0 saturated heterocycles. The molecule has 38 heavy (non-hydrogen) atoms. The second-order valence-corrected chi connectivity index (χ2v) is 9.48. The van der Waals surface area contributed by atoms with Crippen molar-refractivity contribution < 1.29 is 26.3 Å². The quantitative estimate of drug-likeness (QED) is 0.233. The van der Waals surface area contributed by atoms with E-state index in [2.05, 4.69) is 39.3 Å². The lowest BCUT2D eigenvalue weighted by atomic mass is 10.0. The Balaban J connectivity index is 1.84. The molecule has 0 aliphatic carbocycles. The summed E-state index contributed by atoms with van der Waals surface area (Å²) in [5.41, 5.74) is -2.48. The van der Waals surface area contributed by atoms with Crippen molar-refractivity contribution in [3.8, 4) is 0 Å². The van der Waals surface area contributed by atoms with Crippen LogP contribution < -0.4 is 10.6 Å². The largest absolute Gasteiger partial charge is 0.416 e. The molecule has 3 rings (SSSR count). The first-order valence-corrected chi connectivity index (χ1v) is 12.7.